The number of benzene rings is 1. The van der Waals surface area contributed by atoms with Crippen molar-refractivity contribution >= 4 is 17.0 Å². The summed E-state index contributed by atoms with van der Waals surface area (Å²) in [6.07, 6.45) is 4.64. The zero-order chi connectivity index (χ0) is 20.3. The number of fused-ring (bicyclic) bond motifs is 1. The first-order valence-electron chi connectivity index (χ1n) is 9.12. The number of carbonyl (C=O) groups excluding carboxylic acids is 1. The molecule has 0 unspecified atom stereocenters. The zero-order valence-corrected chi connectivity index (χ0v) is 16.5. The van der Waals surface area contributed by atoms with Gasteiger partial charge in [-0.2, -0.15) is 0 Å². The van der Waals surface area contributed by atoms with Crippen LogP contribution in [0.15, 0.2) is 48.9 Å². The third-order valence-electron chi connectivity index (χ3n) is 4.46. The molecule has 0 bridgehead atoms. The predicted octanol–water partition coefficient (Wildman–Crippen LogP) is 4.43. The van der Waals surface area contributed by atoms with Crippen molar-refractivity contribution in [1.29, 1.82) is 0 Å². The molecule has 7 nitrogen and oxygen atoms in total. The van der Waals surface area contributed by atoms with Gasteiger partial charge >= 0.3 is 6.09 Å². The van der Waals surface area contributed by atoms with Crippen molar-refractivity contribution in [2.75, 3.05) is 0 Å². The summed E-state index contributed by atoms with van der Waals surface area (Å²) < 4.78 is 0. The molecule has 148 valence electrons. The Morgan fingerprint density at radius 1 is 1.29 bits per heavy atom. The van der Waals surface area contributed by atoms with Gasteiger partial charge in [-0.3, -0.25) is 14.8 Å². The molecule has 0 aliphatic rings. The molecule has 0 aliphatic heterocycles. The number of pyridine rings is 1. The maximum absolute atomic E-state index is 12.8. The van der Waals surface area contributed by atoms with Crippen LogP contribution in [0.4, 0.5) is 4.79 Å². The lowest BCUT2D eigenvalue weighted by Gasteiger charge is -2.38. The topological polar surface area (TPSA) is 87.7 Å². The van der Waals surface area contributed by atoms with Crippen LogP contribution in [0.3, 0.4) is 0 Å². The van der Waals surface area contributed by atoms with Crippen LogP contribution in [-0.4, -0.2) is 37.6 Å². The molecule has 2 heterocycles. The fraction of sp³-hybridized carbons (Fsp3) is 0.333. The van der Waals surface area contributed by atoms with E-state index in [9.17, 15) is 9.90 Å². The van der Waals surface area contributed by atoms with Crippen molar-refractivity contribution in [3.8, 4) is 11.5 Å². The quantitative estimate of drug-likeness (QED) is 0.503. The van der Waals surface area contributed by atoms with Gasteiger partial charge in [-0.1, -0.05) is 18.2 Å². The molecule has 3 aromatic rings. The largest absolute Gasteiger partial charge is 0.506 e. The van der Waals surface area contributed by atoms with E-state index in [4.69, 9.17) is 9.78 Å². The first-order valence-corrected chi connectivity index (χ1v) is 9.12. The van der Waals surface area contributed by atoms with Gasteiger partial charge in [0.05, 0.1) is 12.4 Å². The SMILES string of the molecule is C[C@@H](Cc1c[nH]c2ccccc12)N(C(=O)OOc1cncc(O)c1)C(C)(C)C. The van der Waals surface area contributed by atoms with E-state index in [1.807, 2.05) is 52.1 Å². The molecule has 0 spiro atoms. The lowest BCUT2D eigenvalue weighted by Crippen LogP contribution is -2.51. The monoisotopic (exact) mass is 383 g/mol. The molecule has 28 heavy (non-hydrogen) atoms. The average Bonchev–Trinajstić information content (AvgIpc) is 3.02. The summed E-state index contributed by atoms with van der Waals surface area (Å²) in [4.78, 5) is 31.6. The highest BCUT2D eigenvalue weighted by molar-refractivity contribution is 5.83. The van der Waals surface area contributed by atoms with Gasteiger partial charge in [-0.15, -0.1) is 0 Å². The number of aromatic amines is 1. The molecule has 1 aromatic carbocycles. The van der Waals surface area contributed by atoms with Crippen molar-refractivity contribution in [2.45, 2.75) is 45.7 Å². The summed E-state index contributed by atoms with van der Waals surface area (Å²) in [6, 6.07) is 9.24. The van der Waals surface area contributed by atoms with Gasteiger partial charge in [-0.25, -0.2) is 9.68 Å². The summed E-state index contributed by atoms with van der Waals surface area (Å²) in [5.41, 5.74) is 1.71. The van der Waals surface area contributed by atoms with Crippen LogP contribution in [0.5, 0.6) is 11.5 Å². The van der Waals surface area contributed by atoms with Crippen LogP contribution in [-0.2, 0) is 11.3 Å². The molecule has 1 amide bonds. The number of nitrogens with zero attached hydrogens (tertiary/aromatic N) is 2. The molecule has 1 atom stereocenters. The van der Waals surface area contributed by atoms with Gasteiger partial charge in [0.1, 0.15) is 5.75 Å². The van der Waals surface area contributed by atoms with E-state index >= 15 is 0 Å². The van der Waals surface area contributed by atoms with Crippen LogP contribution in [0, 0.1) is 0 Å². The molecule has 0 saturated heterocycles. The van der Waals surface area contributed by atoms with Gasteiger partial charge in [-0.05, 0) is 45.7 Å². The molecule has 2 aromatic heterocycles. The van der Waals surface area contributed by atoms with E-state index in [2.05, 4.69) is 16.0 Å². The van der Waals surface area contributed by atoms with Gasteiger partial charge in [0.15, 0.2) is 0 Å². The molecular weight excluding hydrogens is 358 g/mol. The molecule has 0 radical (unpaired) electrons. The van der Waals surface area contributed by atoms with Crippen molar-refractivity contribution in [3.63, 3.8) is 0 Å². The van der Waals surface area contributed by atoms with Gasteiger partial charge in [0.2, 0.25) is 5.75 Å². The summed E-state index contributed by atoms with van der Waals surface area (Å²) in [7, 11) is 0. The highest BCUT2D eigenvalue weighted by Gasteiger charge is 2.33. The first kappa shape index (κ1) is 19.5. The van der Waals surface area contributed by atoms with Crippen molar-refractivity contribution in [3.05, 3.63) is 54.5 Å². The Labute approximate surface area is 163 Å². The Balaban J connectivity index is 1.74. The van der Waals surface area contributed by atoms with Crippen molar-refractivity contribution in [1.82, 2.24) is 14.9 Å². The zero-order valence-electron chi connectivity index (χ0n) is 16.5. The maximum atomic E-state index is 12.8. The van der Waals surface area contributed by atoms with Crippen molar-refractivity contribution in [2.24, 2.45) is 0 Å². The first-order chi connectivity index (χ1) is 13.3. The number of aromatic hydroxyl groups is 1. The molecule has 0 aliphatic carbocycles. The lowest BCUT2D eigenvalue weighted by atomic mass is 9.99. The normalized spacial score (nSPS) is 12.6. The summed E-state index contributed by atoms with van der Waals surface area (Å²) in [6.45, 7) is 7.80. The highest BCUT2D eigenvalue weighted by Crippen LogP contribution is 2.25. The molecule has 0 fully saturated rings. The van der Waals surface area contributed by atoms with Gasteiger partial charge in [0, 0.05) is 34.7 Å². The number of hydrogen-bond acceptors (Lipinski definition) is 5. The van der Waals surface area contributed by atoms with E-state index in [0.29, 0.717) is 6.42 Å². The third-order valence-corrected chi connectivity index (χ3v) is 4.46. The molecule has 0 saturated carbocycles. The number of nitrogens with one attached hydrogen (secondary N) is 1. The van der Waals surface area contributed by atoms with Crippen LogP contribution >= 0.6 is 0 Å². The van der Waals surface area contributed by atoms with Crippen LogP contribution in [0.25, 0.3) is 10.9 Å². The molecule has 2 N–H and O–H groups in total. The predicted molar refractivity (Wildman–Crippen MR) is 106 cm³/mol. The Kier molecular flexibility index (Phi) is 5.44. The Bertz CT molecular complexity index is 961. The summed E-state index contributed by atoms with van der Waals surface area (Å²) >= 11 is 0. The standard InChI is InChI=1S/C21H25N3O4/c1-14(9-15-11-23-19-8-6-5-7-18(15)19)24(21(2,3)4)20(26)28-27-17-10-16(25)12-22-13-17/h5-8,10-14,23,25H,9H2,1-4H3/t14-/m0/s1. The molecule has 7 heteroatoms. The Morgan fingerprint density at radius 3 is 2.75 bits per heavy atom. The van der Waals surface area contributed by atoms with Gasteiger partial charge < -0.3 is 10.1 Å². The van der Waals surface area contributed by atoms with Crippen LogP contribution in [0.2, 0.25) is 0 Å². The van der Waals surface area contributed by atoms with E-state index in [-0.39, 0.29) is 17.5 Å². The number of carbonyl (C=O) groups is 1. The summed E-state index contributed by atoms with van der Waals surface area (Å²) in [5.74, 6) is 0.0698. The number of H-pyrrole nitrogens is 1. The summed E-state index contributed by atoms with van der Waals surface area (Å²) in [5, 5.41) is 10.6. The number of amides is 1. The van der Waals surface area contributed by atoms with Crippen molar-refractivity contribution < 1.29 is 19.7 Å². The van der Waals surface area contributed by atoms with E-state index in [0.717, 1.165) is 16.5 Å². The molecule has 3 rings (SSSR count). The Hall–Kier alpha value is -3.22. The minimum absolute atomic E-state index is 0.0751. The highest BCUT2D eigenvalue weighted by atomic mass is 17.2. The van der Waals surface area contributed by atoms with E-state index in [1.54, 1.807) is 4.90 Å². The second kappa shape index (κ2) is 7.80. The Morgan fingerprint density at radius 2 is 2.04 bits per heavy atom. The molecular formula is C21H25N3O4. The van der Waals surface area contributed by atoms with Crippen LogP contribution in [0.1, 0.15) is 33.3 Å². The number of rotatable bonds is 5. The van der Waals surface area contributed by atoms with Crippen LogP contribution < -0.4 is 4.89 Å². The number of para-hydroxylation sites is 1. The number of aromatic nitrogens is 2. The second-order valence-electron chi connectivity index (χ2n) is 7.76. The average molecular weight is 383 g/mol. The van der Waals surface area contributed by atoms with Gasteiger partial charge in [0.25, 0.3) is 0 Å². The maximum Gasteiger partial charge on any atom is 0.453 e. The lowest BCUT2D eigenvalue weighted by molar-refractivity contribution is -0.162. The smallest absolute Gasteiger partial charge is 0.453 e. The minimum Gasteiger partial charge on any atom is -0.506 e. The second-order valence-corrected chi connectivity index (χ2v) is 7.76. The number of hydrogen-bond donors (Lipinski definition) is 2. The minimum atomic E-state index is -0.608. The third kappa shape index (κ3) is 4.36. The fourth-order valence-electron chi connectivity index (χ4n) is 3.40. The van der Waals surface area contributed by atoms with E-state index < -0.39 is 11.6 Å². The van der Waals surface area contributed by atoms with E-state index in [1.165, 1.54) is 18.5 Å². The fourth-order valence-corrected chi connectivity index (χ4v) is 3.40.